The van der Waals surface area contributed by atoms with Gasteiger partial charge in [-0.05, 0) is 53.3 Å². The van der Waals surface area contributed by atoms with E-state index in [0.29, 0.717) is 5.56 Å². The van der Waals surface area contributed by atoms with Crippen LogP contribution in [0, 0.1) is 5.41 Å². The van der Waals surface area contributed by atoms with Crippen molar-refractivity contribution in [3.63, 3.8) is 0 Å². The van der Waals surface area contributed by atoms with Crippen molar-refractivity contribution in [2.24, 2.45) is 5.41 Å². The lowest BCUT2D eigenvalue weighted by Crippen LogP contribution is -2.37. The minimum Gasteiger partial charge on any atom is -0.478 e. The van der Waals surface area contributed by atoms with E-state index in [9.17, 15) is 14.7 Å². The van der Waals surface area contributed by atoms with Crippen LogP contribution in [0.5, 0.6) is 0 Å². The number of anilines is 2. The largest absolute Gasteiger partial charge is 0.478 e. The predicted molar refractivity (Wildman–Crippen MR) is 111 cm³/mol. The molecule has 3 rings (SSSR count). The molecule has 6 heteroatoms. The summed E-state index contributed by atoms with van der Waals surface area (Å²) in [6.07, 6.45) is 0.762. The number of nitrogens with one attached hydrogen (secondary N) is 1. The van der Waals surface area contributed by atoms with Crippen LogP contribution in [0.25, 0.3) is 0 Å². The Morgan fingerprint density at radius 3 is 2.46 bits per heavy atom. The standard InChI is InChI=1S/C22H27N3O3/c1-22(2)13-16-11-15(20(26)27)9-10-18(16)23-19(22)14-7-6-8-17(12-14)25(5)21(28)24(3)4/h6-12,19,23H,13H2,1-5H3,(H,26,27). The summed E-state index contributed by atoms with van der Waals surface area (Å²) in [7, 11) is 5.23. The molecule has 0 saturated heterocycles. The van der Waals surface area contributed by atoms with Crippen LogP contribution in [0.2, 0.25) is 0 Å². The van der Waals surface area contributed by atoms with Gasteiger partial charge >= 0.3 is 12.0 Å². The van der Waals surface area contributed by atoms with Crippen LogP contribution in [0.15, 0.2) is 42.5 Å². The fraction of sp³-hybridized carbons (Fsp3) is 0.364. The van der Waals surface area contributed by atoms with Gasteiger partial charge in [-0.15, -0.1) is 0 Å². The number of urea groups is 1. The molecule has 2 aromatic carbocycles. The van der Waals surface area contributed by atoms with Crippen molar-refractivity contribution < 1.29 is 14.7 Å². The fourth-order valence-corrected chi connectivity index (χ4v) is 3.82. The van der Waals surface area contributed by atoms with Gasteiger partial charge in [-0.1, -0.05) is 26.0 Å². The van der Waals surface area contributed by atoms with Gasteiger partial charge in [0.1, 0.15) is 0 Å². The molecule has 0 bridgehead atoms. The quantitative estimate of drug-likeness (QED) is 0.834. The Morgan fingerprint density at radius 1 is 1.11 bits per heavy atom. The molecular weight excluding hydrogens is 354 g/mol. The van der Waals surface area contributed by atoms with Crippen LogP contribution in [-0.4, -0.2) is 43.1 Å². The number of hydrogen-bond acceptors (Lipinski definition) is 3. The Kier molecular flexibility index (Phi) is 5.06. The Hall–Kier alpha value is -3.02. The van der Waals surface area contributed by atoms with Gasteiger partial charge in [0.2, 0.25) is 0 Å². The lowest BCUT2D eigenvalue weighted by atomic mass is 9.72. The highest BCUT2D eigenvalue weighted by Gasteiger charge is 2.36. The summed E-state index contributed by atoms with van der Waals surface area (Å²) in [5.74, 6) is -0.913. The number of carbonyl (C=O) groups is 2. The monoisotopic (exact) mass is 381 g/mol. The zero-order valence-electron chi connectivity index (χ0n) is 17.0. The zero-order valence-corrected chi connectivity index (χ0v) is 17.0. The van der Waals surface area contributed by atoms with E-state index in [1.54, 1.807) is 43.1 Å². The maximum absolute atomic E-state index is 12.3. The molecule has 0 spiro atoms. The first-order valence-corrected chi connectivity index (χ1v) is 9.28. The summed E-state index contributed by atoms with van der Waals surface area (Å²) in [5.41, 5.74) is 4.07. The Morgan fingerprint density at radius 2 is 1.82 bits per heavy atom. The molecule has 1 unspecified atom stereocenters. The van der Waals surface area contributed by atoms with Gasteiger partial charge in [0.15, 0.2) is 0 Å². The summed E-state index contributed by atoms with van der Waals surface area (Å²) >= 11 is 0. The van der Waals surface area contributed by atoms with Crippen LogP contribution in [0.3, 0.4) is 0 Å². The molecule has 2 N–H and O–H groups in total. The molecule has 1 atom stereocenters. The van der Waals surface area contributed by atoms with E-state index in [-0.39, 0.29) is 17.5 Å². The van der Waals surface area contributed by atoms with Gasteiger partial charge in [-0.25, -0.2) is 9.59 Å². The van der Waals surface area contributed by atoms with Crippen LogP contribution in [-0.2, 0) is 6.42 Å². The number of rotatable bonds is 3. The molecule has 1 heterocycles. The van der Waals surface area contributed by atoms with E-state index in [1.165, 1.54) is 0 Å². The summed E-state index contributed by atoms with van der Waals surface area (Å²) in [6, 6.07) is 13.2. The lowest BCUT2D eigenvalue weighted by molar-refractivity contribution is 0.0696. The van der Waals surface area contributed by atoms with E-state index in [1.807, 2.05) is 24.3 Å². The first-order valence-electron chi connectivity index (χ1n) is 9.28. The first kappa shape index (κ1) is 19.7. The van der Waals surface area contributed by atoms with E-state index >= 15 is 0 Å². The molecule has 148 valence electrons. The summed E-state index contributed by atoms with van der Waals surface area (Å²) < 4.78 is 0. The minimum absolute atomic E-state index is 0.0403. The van der Waals surface area contributed by atoms with Gasteiger partial charge in [0, 0.05) is 32.5 Å². The third-order valence-corrected chi connectivity index (χ3v) is 5.34. The van der Waals surface area contributed by atoms with E-state index < -0.39 is 5.97 Å². The number of carboxylic acid groups (broad SMARTS) is 1. The van der Waals surface area contributed by atoms with Crippen molar-refractivity contribution >= 4 is 23.4 Å². The topological polar surface area (TPSA) is 72.9 Å². The summed E-state index contributed by atoms with van der Waals surface area (Å²) in [6.45, 7) is 4.34. The van der Waals surface area contributed by atoms with Crippen molar-refractivity contribution in [2.75, 3.05) is 31.4 Å². The molecule has 0 fully saturated rings. The van der Waals surface area contributed by atoms with Crippen molar-refractivity contribution in [1.82, 2.24) is 4.90 Å². The van der Waals surface area contributed by atoms with Crippen molar-refractivity contribution in [2.45, 2.75) is 26.3 Å². The molecular formula is C22H27N3O3. The summed E-state index contributed by atoms with van der Waals surface area (Å²) in [4.78, 5) is 26.8. The van der Waals surface area contributed by atoms with Gasteiger partial charge in [0.05, 0.1) is 11.6 Å². The number of hydrogen-bond donors (Lipinski definition) is 2. The average molecular weight is 381 g/mol. The maximum atomic E-state index is 12.3. The number of fused-ring (bicyclic) bond motifs is 1. The molecule has 0 radical (unpaired) electrons. The van der Waals surface area contributed by atoms with E-state index in [0.717, 1.165) is 28.9 Å². The number of amides is 2. The second-order valence-corrected chi connectivity index (χ2v) is 8.25. The molecule has 2 amide bonds. The fourth-order valence-electron chi connectivity index (χ4n) is 3.82. The number of carboxylic acids is 1. The number of benzene rings is 2. The Balaban J connectivity index is 1.95. The van der Waals surface area contributed by atoms with E-state index in [2.05, 4.69) is 25.2 Å². The SMILES string of the molecule is CN(C)C(=O)N(C)c1cccc(C2Nc3ccc(C(=O)O)cc3CC2(C)C)c1. The second kappa shape index (κ2) is 7.19. The highest BCUT2D eigenvalue weighted by molar-refractivity contribution is 5.91. The van der Waals surface area contributed by atoms with Gasteiger partial charge in [0.25, 0.3) is 0 Å². The van der Waals surface area contributed by atoms with Gasteiger partial charge < -0.3 is 15.3 Å². The minimum atomic E-state index is -0.913. The highest BCUT2D eigenvalue weighted by atomic mass is 16.4. The van der Waals surface area contributed by atoms with Crippen LogP contribution in [0.1, 0.15) is 41.4 Å². The van der Waals surface area contributed by atoms with Crippen LogP contribution < -0.4 is 10.2 Å². The lowest BCUT2D eigenvalue weighted by Gasteiger charge is -2.41. The summed E-state index contributed by atoms with van der Waals surface area (Å²) in [5, 5.41) is 12.8. The van der Waals surface area contributed by atoms with Crippen molar-refractivity contribution in [3.8, 4) is 0 Å². The number of carbonyl (C=O) groups excluding carboxylic acids is 1. The second-order valence-electron chi connectivity index (χ2n) is 8.25. The number of aromatic carboxylic acids is 1. The molecule has 0 aromatic heterocycles. The molecule has 1 aliphatic rings. The predicted octanol–water partition coefficient (Wildman–Crippen LogP) is 4.24. The molecule has 0 saturated carbocycles. The smallest absolute Gasteiger partial charge is 0.335 e. The van der Waals surface area contributed by atoms with Crippen molar-refractivity contribution in [3.05, 3.63) is 59.2 Å². The van der Waals surface area contributed by atoms with Crippen molar-refractivity contribution in [1.29, 1.82) is 0 Å². The average Bonchev–Trinajstić information content (AvgIpc) is 2.65. The van der Waals surface area contributed by atoms with Gasteiger partial charge in [-0.3, -0.25) is 4.90 Å². The Labute approximate surface area is 165 Å². The zero-order chi connectivity index (χ0) is 20.6. The molecule has 0 aliphatic carbocycles. The highest BCUT2D eigenvalue weighted by Crippen LogP contribution is 2.45. The molecule has 6 nitrogen and oxygen atoms in total. The van der Waals surface area contributed by atoms with E-state index in [4.69, 9.17) is 0 Å². The number of nitrogens with zero attached hydrogens (tertiary/aromatic N) is 2. The van der Waals surface area contributed by atoms with Crippen LogP contribution >= 0.6 is 0 Å². The first-order chi connectivity index (χ1) is 13.1. The molecule has 28 heavy (non-hydrogen) atoms. The van der Waals surface area contributed by atoms with Gasteiger partial charge in [-0.2, -0.15) is 0 Å². The third-order valence-electron chi connectivity index (χ3n) is 5.34. The maximum Gasteiger partial charge on any atom is 0.335 e. The molecule has 2 aromatic rings. The normalized spacial score (nSPS) is 17.2. The Bertz CT molecular complexity index is 921. The molecule has 1 aliphatic heterocycles. The van der Waals surface area contributed by atoms with Crippen LogP contribution in [0.4, 0.5) is 16.2 Å². The third kappa shape index (κ3) is 3.67.